The summed E-state index contributed by atoms with van der Waals surface area (Å²) in [5.74, 6) is 0.773. The van der Waals surface area contributed by atoms with Gasteiger partial charge in [0.1, 0.15) is 11.6 Å². The van der Waals surface area contributed by atoms with Gasteiger partial charge in [-0.05, 0) is 43.3 Å². The van der Waals surface area contributed by atoms with Crippen LogP contribution in [0.2, 0.25) is 0 Å². The van der Waals surface area contributed by atoms with E-state index in [0.29, 0.717) is 17.1 Å². The standard InChI is InChI=1S/C21H21N3O2/c1-3-24(16-9-5-4-6-10-16)17-13-14-20(22-15-17)23-21(25)18-11-7-8-12-19(18)26-2/h4-15H,3H2,1-2H3,(H,22,23,25). The van der Waals surface area contributed by atoms with Gasteiger partial charge < -0.3 is 15.0 Å². The number of rotatable bonds is 6. The molecule has 0 radical (unpaired) electrons. The van der Waals surface area contributed by atoms with Gasteiger partial charge in [-0.25, -0.2) is 4.98 Å². The lowest BCUT2D eigenvalue weighted by molar-refractivity contribution is 0.102. The Kier molecular flexibility index (Phi) is 5.49. The molecule has 26 heavy (non-hydrogen) atoms. The fourth-order valence-electron chi connectivity index (χ4n) is 2.76. The lowest BCUT2D eigenvalue weighted by Gasteiger charge is -2.23. The maximum Gasteiger partial charge on any atom is 0.260 e. The van der Waals surface area contributed by atoms with Crippen molar-refractivity contribution in [1.29, 1.82) is 0 Å². The van der Waals surface area contributed by atoms with Crippen molar-refractivity contribution < 1.29 is 9.53 Å². The number of benzene rings is 2. The zero-order valence-corrected chi connectivity index (χ0v) is 14.8. The lowest BCUT2D eigenvalue weighted by atomic mass is 10.2. The number of anilines is 3. The summed E-state index contributed by atoms with van der Waals surface area (Å²) in [6, 6.07) is 21.0. The van der Waals surface area contributed by atoms with E-state index in [1.54, 1.807) is 37.6 Å². The van der Waals surface area contributed by atoms with E-state index < -0.39 is 0 Å². The van der Waals surface area contributed by atoms with Gasteiger partial charge in [0.15, 0.2) is 0 Å². The minimum Gasteiger partial charge on any atom is -0.496 e. The molecule has 1 amide bonds. The number of nitrogens with zero attached hydrogens (tertiary/aromatic N) is 2. The van der Waals surface area contributed by atoms with Crippen molar-refractivity contribution >= 4 is 23.1 Å². The molecule has 0 unspecified atom stereocenters. The molecule has 3 aromatic rings. The van der Waals surface area contributed by atoms with E-state index >= 15 is 0 Å². The van der Waals surface area contributed by atoms with Gasteiger partial charge in [0.25, 0.3) is 5.91 Å². The topological polar surface area (TPSA) is 54.5 Å². The third-order valence-corrected chi connectivity index (χ3v) is 4.04. The van der Waals surface area contributed by atoms with Crippen molar-refractivity contribution in [1.82, 2.24) is 4.98 Å². The Hall–Kier alpha value is -3.34. The molecule has 0 spiro atoms. The quantitative estimate of drug-likeness (QED) is 0.713. The Bertz CT molecular complexity index is 864. The zero-order chi connectivity index (χ0) is 18.4. The number of methoxy groups -OCH3 is 1. The van der Waals surface area contributed by atoms with E-state index in [1.165, 1.54) is 0 Å². The van der Waals surface area contributed by atoms with Crippen LogP contribution in [0.15, 0.2) is 72.9 Å². The first kappa shape index (κ1) is 17.5. The predicted octanol–water partition coefficient (Wildman–Crippen LogP) is 4.50. The van der Waals surface area contributed by atoms with Gasteiger partial charge in [-0.1, -0.05) is 30.3 Å². The summed E-state index contributed by atoms with van der Waals surface area (Å²) in [6.07, 6.45) is 1.76. The summed E-state index contributed by atoms with van der Waals surface area (Å²) in [6.45, 7) is 2.91. The molecule has 0 fully saturated rings. The minimum atomic E-state index is -0.252. The molecular weight excluding hydrogens is 326 g/mol. The van der Waals surface area contributed by atoms with Crippen LogP contribution in [0.1, 0.15) is 17.3 Å². The molecule has 0 saturated carbocycles. The fraction of sp³-hybridized carbons (Fsp3) is 0.143. The molecule has 0 atom stereocenters. The molecule has 132 valence electrons. The monoisotopic (exact) mass is 347 g/mol. The summed E-state index contributed by atoms with van der Waals surface area (Å²) >= 11 is 0. The van der Waals surface area contributed by atoms with Gasteiger partial charge in [-0.2, -0.15) is 0 Å². The first-order valence-corrected chi connectivity index (χ1v) is 8.46. The second-order valence-electron chi connectivity index (χ2n) is 5.64. The highest BCUT2D eigenvalue weighted by atomic mass is 16.5. The zero-order valence-electron chi connectivity index (χ0n) is 14.8. The van der Waals surface area contributed by atoms with Crippen molar-refractivity contribution in [3.63, 3.8) is 0 Å². The molecule has 0 aliphatic heterocycles. The lowest BCUT2D eigenvalue weighted by Crippen LogP contribution is -2.17. The van der Waals surface area contributed by atoms with Gasteiger partial charge in [0.05, 0.1) is 24.6 Å². The molecule has 0 aliphatic rings. The highest BCUT2D eigenvalue weighted by Crippen LogP contribution is 2.25. The number of amides is 1. The summed E-state index contributed by atoms with van der Waals surface area (Å²) in [5, 5.41) is 2.81. The van der Waals surface area contributed by atoms with Crippen LogP contribution in [-0.4, -0.2) is 24.5 Å². The number of pyridine rings is 1. The number of hydrogen-bond donors (Lipinski definition) is 1. The van der Waals surface area contributed by atoms with Crippen LogP contribution in [0.3, 0.4) is 0 Å². The second kappa shape index (κ2) is 8.16. The van der Waals surface area contributed by atoms with Crippen molar-refractivity contribution in [2.75, 3.05) is 23.9 Å². The highest BCUT2D eigenvalue weighted by molar-refractivity contribution is 6.05. The average molecular weight is 347 g/mol. The van der Waals surface area contributed by atoms with Crippen molar-refractivity contribution in [2.24, 2.45) is 0 Å². The largest absolute Gasteiger partial charge is 0.496 e. The van der Waals surface area contributed by atoms with E-state index in [9.17, 15) is 4.79 Å². The molecular formula is C21H21N3O2. The number of ether oxygens (including phenoxy) is 1. The number of nitrogens with one attached hydrogen (secondary N) is 1. The van der Waals surface area contributed by atoms with Crippen LogP contribution in [0.4, 0.5) is 17.2 Å². The van der Waals surface area contributed by atoms with Crippen molar-refractivity contribution in [2.45, 2.75) is 6.92 Å². The predicted molar refractivity (Wildman–Crippen MR) is 104 cm³/mol. The van der Waals surface area contributed by atoms with Crippen LogP contribution in [0.5, 0.6) is 5.75 Å². The first-order chi connectivity index (χ1) is 12.7. The molecule has 0 bridgehead atoms. The molecule has 3 rings (SSSR count). The molecule has 1 heterocycles. The number of carbonyl (C=O) groups excluding carboxylic acids is 1. The molecule has 1 N–H and O–H groups in total. The maximum absolute atomic E-state index is 12.4. The summed E-state index contributed by atoms with van der Waals surface area (Å²) in [4.78, 5) is 19.0. The van der Waals surface area contributed by atoms with Gasteiger partial charge in [-0.15, -0.1) is 0 Å². The summed E-state index contributed by atoms with van der Waals surface area (Å²) < 4.78 is 5.23. The fourth-order valence-corrected chi connectivity index (χ4v) is 2.76. The van der Waals surface area contributed by atoms with E-state index in [-0.39, 0.29) is 5.91 Å². The number of para-hydroxylation sites is 2. The number of hydrogen-bond acceptors (Lipinski definition) is 4. The van der Waals surface area contributed by atoms with Crippen LogP contribution in [-0.2, 0) is 0 Å². The van der Waals surface area contributed by atoms with E-state index in [2.05, 4.69) is 34.3 Å². The molecule has 5 heteroatoms. The minimum absolute atomic E-state index is 0.252. The van der Waals surface area contributed by atoms with Crippen LogP contribution in [0, 0.1) is 0 Å². The van der Waals surface area contributed by atoms with Gasteiger partial charge >= 0.3 is 0 Å². The van der Waals surface area contributed by atoms with Gasteiger partial charge in [-0.3, -0.25) is 4.79 Å². The van der Waals surface area contributed by atoms with Crippen molar-refractivity contribution in [3.05, 3.63) is 78.5 Å². The molecule has 0 aliphatic carbocycles. The van der Waals surface area contributed by atoms with E-state index in [4.69, 9.17) is 4.74 Å². The highest BCUT2D eigenvalue weighted by Gasteiger charge is 2.13. The SMILES string of the molecule is CCN(c1ccccc1)c1ccc(NC(=O)c2ccccc2OC)nc1. The molecule has 0 saturated heterocycles. The Morgan fingerprint density at radius 3 is 2.38 bits per heavy atom. The Balaban J connectivity index is 1.76. The Labute approximate surface area is 153 Å². The van der Waals surface area contributed by atoms with Crippen LogP contribution in [0.25, 0.3) is 0 Å². The Morgan fingerprint density at radius 2 is 1.73 bits per heavy atom. The second-order valence-corrected chi connectivity index (χ2v) is 5.64. The van der Waals surface area contributed by atoms with E-state index in [0.717, 1.165) is 17.9 Å². The number of carbonyl (C=O) groups is 1. The molecule has 2 aromatic carbocycles. The average Bonchev–Trinajstić information content (AvgIpc) is 2.70. The molecule has 5 nitrogen and oxygen atoms in total. The smallest absolute Gasteiger partial charge is 0.260 e. The maximum atomic E-state index is 12.4. The van der Waals surface area contributed by atoms with Crippen molar-refractivity contribution in [3.8, 4) is 5.75 Å². The van der Waals surface area contributed by atoms with E-state index in [1.807, 2.05) is 30.3 Å². The van der Waals surface area contributed by atoms with Crippen LogP contribution >= 0.6 is 0 Å². The van der Waals surface area contributed by atoms with Gasteiger partial charge in [0.2, 0.25) is 0 Å². The summed E-state index contributed by atoms with van der Waals surface area (Å²) in [7, 11) is 1.54. The Morgan fingerprint density at radius 1 is 1.00 bits per heavy atom. The first-order valence-electron chi connectivity index (χ1n) is 8.46. The normalized spacial score (nSPS) is 10.2. The summed E-state index contributed by atoms with van der Waals surface area (Å²) in [5.41, 5.74) is 2.54. The third kappa shape index (κ3) is 3.83. The van der Waals surface area contributed by atoms with Crippen LogP contribution < -0.4 is 15.0 Å². The number of aromatic nitrogens is 1. The third-order valence-electron chi connectivity index (χ3n) is 4.04. The molecule has 1 aromatic heterocycles. The van der Waals surface area contributed by atoms with Gasteiger partial charge in [0, 0.05) is 12.2 Å².